The van der Waals surface area contributed by atoms with Crippen LogP contribution in [0.3, 0.4) is 0 Å². The first-order chi connectivity index (χ1) is 20.9. The summed E-state index contributed by atoms with van der Waals surface area (Å²) in [6, 6.07) is -0.150. The number of halogens is 7. The fraction of sp³-hybridized carbons (Fsp3) is 0.571. The standard InChI is InChI=1S/C28H29F7N8O/c29-16-9-17(36)38-21(18(16)28(33,34)35)22-19(30)20-15(10-37-22)23(42-11-14-3-6-27(12-42,41-14)24(31)32)40-25(39-20)44-13-26-4-1-7-43(26)8-2-5-26/h9-10,14,24,41H,1-8,11-13H2,(H2,36,38). The maximum Gasteiger partial charge on any atom is 0.421 e. The highest BCUT2D eigenvalue weighted by Crippen LogP contribution is 2.43. The Kier molecular flexibility index (Phi) is 6.81. The molecule has 0 amide bonds. The van der Waals surface area contributed by atoms with Gasteiger partial charge in [-0.05, 0) is 51.6 Å². The van der Waals surface area contributed by atoms with Gasteiger partial charge in [0.25, 0.3) is 6.43 Å². The summed E-state index contributed by atoms with van der Waals surface area (Å²) in [5, 5.41) is 2.98. The third kappa shape index (κ3) is 4.68. The van der Waals surface area contributed by atoms with Gasteiger partial charge in [0.2, 0.25) is 0 Å². The number of nitrogen functional groups attached to an aromatic ring is 1. The predicted octanol–water partition coefficient (Wildman–Crippen LogP) is 4.55. The summed E-state index contributed by atoms with van der Waals surface area (Å²) < 4.78 is 107. The number of rotatable bonds is 6. The summed E-state index contributed by atoms with van der Waals surface area (Å²) in [6.45, 7) is 2.14. The average Bonchev–Trinajstić information content (AvgIpc) is 3.63. The zero-order valence-corrected chi connectivity index (χ0v) is 23.4. The Balaban J connectivity index is 1.36. The Morgan fingerprint density at radius 1 is 1.07 bits per heavy atom. The first kappa shape index (κ1) is 29.2. The zero-order chi connectivity index (χ0) is 31.0. The second-order valence-corrected chi connectivity index (χ2v) is 12.2. The van der Waals surface area contributed by atoms with Crippen LogP contribution in [0.2, 0.25) is 0 Å². The Bertz CT molecular complexity index is 1610. The molecule has 0 radical (unpaired) electrons. The van der Waals surface area contributed by atoms with Gasteiger partial charge in [-0.1, -0.05) is 0 Å². The number of piperazine rings is 1. The van der Waals surface area contributed by atoms with Crippen molar-refractivity contribution in [3.63, 3.8) is 0 Å². The van der Waals surface area contributed by atoms with Gasteiger partial charge >= 0.3 is 12.2 Å². The number of hydrogen-bond donors (Lipinski definition) is 2. The monoisotopic (exact) mass is 626 g/mol. The SMILES string of the molecule is Nc1cc(F)c(C(F)(F)F)c(-c2ncc3c(N4CC5CCC(C(F)F)(C4)N5)nc(OCC45CCCN4CCC5)nc3c2F)n1. The number of alkyl halides is 5. The van der Waals surface area contributed by atoms with E-state index in [9.17, 15) is 26.3 Å². The van der Waals surface area contributed by atoms with Crippen molar-refractivity contribution in [3.8, 4) is 17.4 Å². The highest BCUT2D eigenvalue weighted by molar-refractivity contribution is 5.92. The minimum atomic E-state index is -5.24. The number of nitrogens with zero attached hydrogens (tertiary/aromatic N) is 6. The van der Waals surface area contributed by atoms with Crippen LogP contribution in [0.5, 0.6) is 6.01 Å². The van der Waals surface area contributed by atoms with Gasteiger partial charge in [0, 0.05) is 31.4 Å². The lowest BCUT2D eigenvalue weighted by Gasteiger charge is -2.41. The molecule has 16 heteroatoms. The number of nitrogens with two attached hydrogens (primary N) is 1. The molecule has 3 aromatic rings. The summed E-state index contributed by atoms with van der Waals surface area (Å²) in [7, 11) is 0. The highest BCUT2D eigenvalue weighted by atomic mass is 19.4. The lowest BCUT2D eigenvalue weighted by molar-refractivity contribution is -0.139. The van der Waals surface area contributed by atoms with Crippen LogP contribution in [0.15, 0.2) is 12.3 Å². The van der Waals surface area contributed by atoms with Crippen LogP contribution in [0.25, 0.3) is 22.3 Å². The van der Waals surface area contributed by atoms with E-state index >= 15 is 4.39 Å². The van der Waals surface area contributed by atoms with E-state index in [-0.39, 0.29) is 54.9 Å². The second kappa shape index (κ2) is 10.3. The molecule has 3 aromatic heterocycles. The van der Waals surface area contributed by atoms with Crippen molar-refractivity contribution in [1.29, 1.82) is 0 Å². The summed E-state index contributed by atoms with van der Waals surface area (Å²) in [5.74, 6) is -3.61. The van der Waals surface area contributed by atoms with Gasteiger partial charge in [0.1, 0.15) is 46.5 Å². The molecule has 9 nitrogen and oxygen atoms in total. The van der Waals surface area contributed by atoms with Crippen LogP contribution in [0, 0.1) is 11.6 Å². The van der Waals surface area contributed by atoms with E-state index in [1.54, 1.807) is 4.90 Å². The smallest absolute Gasteiger partial charge is 0.421 e. The molecule has 0 saturated carbocycles. The molecule has 0 spiro atoms. The van der Waals surface area contributed by atoms with E-state index in [1.165, 1.54) is 0 Å². The van der Waals surface area contributed by atoms with E-state index in [2.05, 4.69) is 30.2 Å². The van der Waals surface area contributed by atoms with Crippen molar-refractivity contribution in [2.24, 2.45) is 0 Å². The van der Waals surface area contributed by atoms with Gasteiger partial charge in [-0.15, -0.1) is 0 Å². The van der Waals surface area contributed by atoms with Crippen LogP contribution >= 0.6 is 0 Å². The van der Waals surface area contributed by atoms with Crippen LogP contribution in [0.4, 0.5) is 42.4 Å². The lowest BCUT2D eigenvalue weighted by Crippen LogP contribution is -2.63. The second-order valence-electron chi connectivity index (χ2n) is 12.2. The van der Waals surface area contributed by atoms with Crippen molar-refractivity contribution in [3.05, 3.63) is 29.5 Å². The number of nitrogens with one attached hydrogen (secondary N) is 1. The van der Waals surface area contributed by atoms with Crippen LogP contribution in [0.1, 0.15) is 44.1 Å². The predicted molar refractivity (Wildman–Crippen MR) is 145 cm³/mol. The summed E-state index contributed by atoms with van der Waals surface area (Å²) in [4.78, 5) is 20.2. The molecule has 4 saturated heterocycles. The van der Waals surface area contributed by atoms with Crippen molar-refractivity contribution in [1.82, 2.24) is 30.2 Å². The summed E-state index contributed by atoms with van der Waals surface area (Å²) in [5.41, 5.74) is -0.566. The van der Waals surface area contributed by atoms with Crippen molar-refractivity contribution in [2.45, 2.75) is 68.2 Å². The molecule has 44 heavy (non-hydrogen) atoms. The maximum atomic E-state index is 16.3. The molecule has 236 valence electrons. The molecule has 4 aliphatic rings. The first-order valence-electron chi connectivity index (χ1n) is 14.5. The topological polar surface area (TPSA) is 105 Å². The van der Waals surface area contributed by atoms with E-state index < -0.39 is 58.1 Å². The van der Waals surface area contributed by atoms with Gasteiger partial charge in [0.05, 0.1) is 16.5 Å². The quantitative estimate of drug-likeness (QED) is 0.382. The fourth-order valence-electron chi connectivity index (χ4n) is 7.44. The molecule has 3 N–H and O–H groups in total. The molecular formula is C28H29F7N8O. The number of ether oxygens (including phenoxy) is 1. The Morgan fingerprint density at radius 3 is 2.52 bits per heavy atom. The molecule has 0 aromatic carbocycles. The van der Waals surface area contributed by atoms with E-state index in [1.807, 2.05) is 0 Å². The largest absolute Gasteiger partial charge is 0.461 e. The van der Waals surface area contributed by atoms with E-state index in [4.69, 9.17) is 10.5 Å². The van der Waals surface area contributed by atoms with Gasteiger partial charge in [-0.2, -0.15) is 23.1 Å². The number of aromatic nitrogens is 4. The number of fused-ring (bicyclic) bond motifs is 4. The van der Waals surface area contributed by atoms with Gasteiger partial charge < -0.3 is 20.7 Å². The Morgan fingerprint density at radius 2 is 1.82 bits per heavy atom. The summed E-state index contributed by atoms with van der Waals surface area (Å²) >= 11 is 0. The third-order valence-electron chi connectivity index (χ3n) is 9.49. The molecule has 2 atom stereocenters. The Hall–Kier alpha value is -3.53. The molecule has 7 heterocycles. The Labute approximate surface area is 247 Å². The minimum absolute atomic E-state index is 0.0243. The fourth-order valence-corrected chi connectivity index (χ4v) is 7.44. The molecule has 4 fully saturated rings. The number of anilines is 2. The van der Waals surface area contributed by atoms with Gasteiger partial charge in [0.15, 0.2) is 5.82 Å². The van der Waals surface area contributed by atoms with Crippen LogP contribution in [-0.2, 0) is 6.18 Å². The van der Waals surface area contributed by atoms with Crippen LogP contribution < -0.4 is 20.7 Å². The van der Waals surface area contributed by atoms with Gasteiger partial charge in [-0.3, -0.25) is 9.88 Å². The van der Waals surface area contributed by atoms with Crippen molar-refractivity contribution < 1.29 is 35.5 Å². The third-order valence-corrected chi connectivity index (χ3v) is 9.49. The van der Waals surface area contributed by atoms with E-state index in [0.29, 0.717) is 12.5 Å². The highest BCUT2D eigenvalue weighted by Gasteiger charge is 2.51. The van der Waals surface area contributed by atoms with Crippen LogP contribution in [-0.4, -0.2) is 81.2 Å². The zero-order valence-electron chi connectivity index (χ0n) is 23.4. The molecule has 2 bridgehead atoms. The lowest BCUT2D eigenvalue weighted by atomic mass is 9.95. The average molecular weight is 627 g/mol. The van der Waals surface area contributed by atoms with E-state index in [0.717, 1.165) is 45.0 Å². The number of hydrogen-bond acceptors (Lipinski definition) is 9. The maximum absolute atomic E-state index is 16.3. The molecule has 7 rings (SSSR count). The molecular weight excluding hydrogens is 597 g/mol. The number of pyridine rings is 2. The van der Waals surface area contributed by atoms with Crippen molar-refractivity contribution >= 4 is 22.5 Å². The normalized spacial score (nSPS) is 24.9. The first-order valence-corrected chi connectivity index (χ1v) is 14.5. The molecule has 2 unspecified atom stereocenters. The van der Waals surface area contributed by atoms with Gasteiger partial charge in [-0.25, -0.2) is 22.5 Å². The summed E-state index contributed by atoms with van der Waals surface area (Å²) in [6.07, 6.45) is -2.43. The molecule has 4 aliphatic heterocycles. The minimum Gasteiger partial charge on any atom is -0.461 e. The molecule has 0 aliphatic carbocycles. The van der Waals surface area contributed by atoms with Crippen molar-refractivity contribution in [2.75, 3.05) is 43.4 Å².